The van der Waals surface area contributed by atoms with Gasteiger partial charge in [0.1, 0.15) is 10.6 Å². The molecule has 0 bridgehead atoms. The second-order valence-electron chi connectivity index (χ2n) is 4.27. The second kappa shape index (κ2) is 8.08. The minimum atomic E-state index is -3.60. The summed E-state index contributed by atoms with van der Waals surface area (Å²) in [7, 11) is -2.19. The maximum Gasteiger partial charge on any atom is 0.244 e. The molecule has 0 saturated carbocycles. The summed E-state index contributed by atoms with van der Waals surface area (Å²) in [4.78, 5) is 0.0867. The molecule has 0 spiro atoms. The molecule has 1 aromatic carbocycles. The highest BCUT2D eigenvalue weighted by atomic mass is 32.2. The van der Waals surface area contributed by atoms with Crippen LogP contribution in [0.1, 0.15) is 19.8 Å². The molecule has 0 radical (unpaired) electrons. The van der Waals surface area contributed by atoms with Crippen LogP contribution in [0.25, 0.3) is 0 Å². The topological polar surface area (TPSA) is 90.7 Å². The molecule has 0 atom stereocenters. The first-order chi connectivity index (χ1) is 9.51. The van der Waals surface area contributed by atoms with E-state index in [1.165, 1.54) is 25.3 Å². The number of nitrogen functional groups attached to an aromatic ring is 1. The van der Waals surface area contributed by atoms with Crippen molar-refractivity contribution in [2.24, 2.45) is 0 Å². The maximum atomic E-state index is 12.1. The van der Waals surface area contributed by atoms with Gasteiger partial charge in [0.15, 0.2) is 0 Å². The Morgan fingerprint density at radius 2 is 2.05 bits per heavy atom. The molecule has 0 saturated heterocycles. The van der Waals surface area contributed by atoms with Crippen molar-refractivity contribution in [2.75, 3.05) is 32.6 Å². The quantitative estimate of drug-likeness (QED) is 0.531. The molecule has 20 heavy (non-hydrogen) atoms. The summed E-state index contributed by atoms with van der Waals surface area (Å²) >= 11 is 0. The van der Waals surface area contributed by atoms with Gasteiger partial charge in [0.2, 0.25) is 10.0 Å². The lowest BCUT2D eigenvalue weighted by molar-refractivity contribution is 0.133. The standard InChI is InChI=1S/C13H22N2O4S/c1-3-8-19-9-4-7-15-20(16,17)13-6-5-11(14)10-12(13)18-2/h5-6,10,15H,3-4,7-9,14H2,1-2H3. The van der Waals surface area contributed by atoms with Gasteiger partial charge >= 0.3 is 0 Å². The average molecular weight is 302 g/mol. The van der Waals surface area contributed by atoms with Crippen molar-refractivity contribution in [1.29, 1.82) is 0 Å². The molecule has 3 N–H and O–H groups in total. The normalized spacial score (nSPS) is 11.5. The summed E-state index contributed by atoms with van der Waals surface area (Å²) in [5.41, 5.74) is 6.06. The molecule has 0 fully saturated rings. The van der Waals surface area contributed by atoms with Crippen LogP contribution in [0.3, 0.4) is 0 Å². The third kappa shape index (κ3) is 4.99. The predicted molar refractivity (Wildman–Crippen MR) is 78.3 cm³/mol. The second-order valence-corrected chi connectivity index (χ2v) is 6.01. The van der Waals surface area contributed by atoms with Crippen LogP contribution in [0.2, 0.25) is 0 Å². The Hall–Kier alpha value is -1.31. The molecule has 0 aromatic heterocycles. The lowest BCUT2D eigenvalue weighted by Gasteiger charge is -2.11. The number of nitrogens with one attached hydrogen (secondary N) is 1. The Bertz CT molecular complexity index is 517. The highest BCUT2D eigenvalue weighted by Crippen LogP contribution is 2.25. The molecule has 0 unspecified atom stereocenters. The number of hydrogen-bond acceptors (Lipinski definition) is 5. The van der Waals surface area contributed by atoms with Gasteiger partial charge in [-0.3, -0.25) is 0 Å². The monoisotopic (exact) mass is 302 g/mol. The molecule has 7 heteroatoms. The van der Waals surface area contributed by atoms with Crippen LogP contribution in [0.5, 0.6) is 5.75 Å². The summed E-state index contributed by atoms with van der Waals surface area (Å²) < 4.78 is 37.1. The molecule has 0 aliphatic rings. The first-order valence-corrected chi connectivity index (χ1v) is 8.00. The Balaban J connectivity index is 2.60. The number of nitrogens with two attached hydrogens (primary N) is 1. The zero-order valence-corrected chi connectivity index (χ0v) is 12.7. The number of rotatable bonds is 9. The van der Waals surface area contributed by atoms with Crippen LogP contribution in [0.4, 0.5) is 5.69 Å². The maximum absolute atomic E-state index is 12.1. The zero-order valence-electron chi connectivity index (χ0n) is 11.9. The predicted octanol–water partition coefficient (Wildman–Crippen LogP) is 1.37. The van der Waals surface area contributed by atoms with E-state index in [0.717, 1.165) is 6.42 Å². The number of ether oxygens (including phenoxy) is 2. The summed E-state index contributed by atoms with van der Waals surface area (Å²) in [6, 6.07) is 4.45. The highest BCUT2D eigenvalue weighted by Gasteiger charge is 2.18. The molecule has 0 amide bonds. The van der Waals surface area contributed by atoms with Crippen molar-refractivity contribution < 1.29 is 17.9 Å². The smallest absolute Gasteiger partial charge is 0.244 e. The van der Waals surface area contributed by atoms with Gasteiger partial charge in [-0.1, -0.05) is 6.92 Å². The van der Waals surface area contributed by atoms with Crippen LogP contribution in [0, 0.1) is 0 Å². The third-order valence-corrected chi connectivity index (χ3v) is 4.08. The molecule has 0 aliphatic heterocycles. The molecule has 0 aliphatic carbocycles. The van der Waals surface area contributed by atoms with E-state index in [1.54, 1.807) is 0 Å². The van der Waals surface area contributed by atoms with Crippen LogP contribution in [-0.4, -0.2) is 35.3 Å². The van der Waals surface area contributed by atoms with Gasteiger partial charge in [0.05, 0.1) is 7.11 Å². The van der Waals surface area contributed by atoms with E-state index in [2.05, 4.69) is 4.72 Å². The fraction of sp³-hybridized carbons (Fsp3) is 0.538. The van der Waals surface area contributed by atoms with Gasteiger partial charge in [-0.2, -0.15) is 0 Å². The van der Waals surface area contributed by atoms with Crippen LogP contribution in [-0.2, 0) is 14.8 Å². The van der Waals surface area contributed by atoms with Crippen molar-refractivity contribution >= 4 is 15.7 Å². The highest BCUT2D eigenvalue weighted by molar-refractivity contribution is 7.89. The lowest BCUT2D eigenvalue weighted by atomic mass is 10.3. The van der Waals surface area contributed by atoms with E-state index in [1.807, 2.05) is 6.92 Å². The van der Waals surface area contributed by atoms with Gasteiger partial charge in [0.25, 0.3) is 0 Å². The summed E-state index contributed by atoms with van der Waals surface area (Å²) in [6.45, 7) is 3.57. The Morgan fingerprint density at radius 1 is 1.30 bits per heavy atom. The van der Waals surface area contributed by atoms with E-state index in [4.69, 9.17) is 15.2 Å². The van der Waals surface area contributed by atoms with Crippen LogP contribution < -0.4 is 15.2 Å². The largest absolute Gasteiger partial charge is 0.495 e. The van der Waals surface area contributed by atoms with Gasteiger partial charge in [-0.15, -0.1) is 0 Å². The van der Waals surface area contributed by atoms with Gasteiger partial charge in [-0.25, -0.2) is 13.1 Å². The Morgan fingerprint density at radius 3 is 2.70 bits per heavy atom. The fourth-order valence-electron chi connectivity index (χ4n) is 1.61. The van der Waals surface area contributed by atoms with Gasteiger partial charge in [0, 0.05) is 31.5 Å². The molecule has 0 heterocycles. The number of methoxy groups -OCH3 is 1. The summed E-state index contributed by atoms with van der Waals surface area (Å²) in [5.74, 6) is 0.236. The van der Waals surface area contributed by atoms with Gasteiger partial charge < -0.3 is 15.2 Å². The van der Waals surface area contributed by atoms with Gasteiger partial charge in [-0.05, 0) is 25.0 Å². The van der Waals surface area contributed by atoms with Crippen LogP contribution in [0.15, 0.2) is 23.1 Å². The minimum absolute atomic E-state index is 0.0867. The van der Waals surface area contributed by atoms with Crippen molar-refractivity contribution in [1.82, 2.24) is 4.72 Å². The molecule has 114 valence electrons. The summed E-state index contributed by atoms with van der Waals surface area (Å²) in [5, 5.41) is 0. The Labute approximate surface area is 120 Å². The zero-order chi connectivity index (χ0) is 15.0. The number of anilines is 1. The van der Waals surface area contributed by atoms with E-state index in [-0.39, 0.29) is 10.6 Å². The van der Waals surface area contributed by atoms with Crippen molar-refractivity contribution in [2.45, 2.75) is 24.7 Å². The Kier molecular flexibility index (Phi) is 6.77. The van der Waals surface area contributed by atoms with Crippen LogP contribution >= 0.6 is 0 Å². The SMILES string of the molecule is CCCOCCCNS(=O)(=O)c1ccc(N)cc1OC. The van der Waals surface area contributed by atoms with E-state index in [0.29, 0.717) is 31.9 Å². The number of benzene rings is 1. The molecule has 1 aromatic rings. The fourth-order valence-corrected chi connectivity index (χ4v) is 2.83. The molecular weight excluding hydrogens is 280 g/mol. The minimum Gasteiger partial charge on any atom is -0.495 e. The summed E-state index contributed by atoms with van der Waals surface area (Å²) in [6.07, 6.45) is 1.57. The number of hydrogen-bond donors (Lipinski definition) is 2. The molecule has 6 nitrogen and oxygen atoms in total. The third-order valence-electron chi connectivity index (χ3n) is 2.58. The van der Waals surface area contributed by atoms with E-state index < -0.39 is 10.0 Å². The van der Waals surface area contributed by atoms with E-state index in [9.17, 15) is 8.42 Å². The van der Waals surface area contributed by atoms with Crippen molar-refractivity contribution in [3.63, 3.8) is 0 Å². The first kappa shape index (κ1) is 16.7. The molecular formula is C13H22N2O4S. The van der Waals surface area contributed by atoms with Crippen molar-refractivity contribution in [3.05, 3.63) is 18.2 Å². The number of sulfonamides is 1. The van der Waals surface area contributed by atoms with Crippen molar-refractivity contribution in [3.8, 4) is 5.75 Å². The average Bonchev–Trinajstić information content (AvgIpc) is 2.42. The molecule has 1 rings (SSSR count). The van der Waals surface area contributed by atoms with E-state index >= 15 is 0 Å². The first-order valence-electron chi connectivity index (χ1n) is 6.52. The lowest BCUT2D eigenvalue weighted by Crippen LogP contribution is -2.26.